The highest BCUT2D eigenvalue weighted by atomic mass is 16.3. The fourth-order valence-corrected chi connectivity index (χ4v) is 2.17. The van der Waals surface area contributed by atoms with Crippen LogP contribution in [0.5, 0.6) is 5.75 Å². The van der Waals surface area contributed by atoms with Crippen molar-refractivity contribution in [2.24, 2.45) is 0 Å². The first-order valence-electron chi connectivity index (χ1n) is 6.89. The second kappa shape index (κ2) is 8.04. The third-order valence-electron chi connectivity index (χ3n) is 3.28. The number of rotatable bonds is 8. The molecule has 0 saturated carbocycles. The molecule has 1 aromatic heterocycles. The van der Waals surface area contributed by atoms with Gasteiger partial charge in [-0.2, -0.15) is 0 Å². The van der Waals surface area contributed by atoms with E-state index in [1.165, 1.54) is 6.07 Å². The smallest absolute Gasteiger partial charge is 0.223 e. The van der Waals surface area contributed by atoms with Crippen molar-refractivity contribution >= 4 is 0 Å². The topological polar surface area (TPSA) is 85.9 Å². The van der Waals surface area contributed by atoms with Crippen LogP contribution in [0.1, 0.15) is 31.2 Å². The van der Waals surface area contributed by atoms with E-state index in [0.29, 0.717) is 17.9 Å². The zero-order valence-electron chi connectivity index (χ0n) is 12.2. The Kier molecular flexibility index (Phi) is 6.70. The molecule has 0 saturated heterocycles. The van der Waals surface area contributed by atoms with E-state index in [1.807, 2.05) is 11.9 Å². The molecule has 6 nitrogen and oxygen atoms in total. The summed E-state index contributed by atoms with van der Waals surface area (Å²) in [7, 11) is 1.91. The molecule has 0 aliphatic carbocycles. The molecule has 1 heterocycles. The molecule has 20 heavy (non-hydrogen) atoms. The average molecular weight is 284 g/mol. The Labute approximate surface area is 118 Å². The van der Waals surface area contributed by atoms with Crippen LogP contribution in [-0.2, 0) is 19.7 Å². The molecule has 0 amide bonds. The zero-order valence-corrected chi connectivity index (χ0v) is 12.2. The molecular formula is C14H24N2O4. The highest BCUT2D eigenvalue weighted by Gasteiger charge is 2.15. The largest absolute Gasteiger partial charge is 0.503 e. The number of pyridine rings is 1. The molecular weight excluding hydrogens is 260 g/mol. The van der Waals surface area contributed by atoms with Crippen LogP contribution in [0, 0.1) is 0 Å². The molecule has 6 heteroatoms. The Morgan fingerprint density at radius 3 is 2.60 bits per heavy atom. The molecule has 0 aromatic carbocycles. The van der Waals surface area contributed by atoms with Crippen LogP contribution < -0.4 is 5.43 Å². The second-order valence-electron chi connectivity index (χ2n) is 4.92. The Morgan fingerprint density at radius 1 is 1.35 bits per heavy atom. The molecule has 0 radical (unpaired) electrons. The molecule has 114 valence electrons. The summed E-state index contributed by atoms with van der Waals surface area (Å²) in [6.07, 6.45) is 2.09. The highest BCUT2D eigenvalue weighted by molar-refractivity contribution is 5.30. The normalized spacial score (nSPS) is 11.2. The standard InChI is InChI=1S/C14H24N2O4/c1-3-4-5-15(2)9-12-14(20)13(19)8-11(10-18)16(12)6-7-17/h8,17-18,20H,3-7,9-10H2,1-2H3. The quantitative estimate of drug-likeness (QED) is 0.638. The van der Waals surface area contributed by atoms with Gasteiger partial charge in [0.15, 0.2) is 5.75 Å². The Morgan fingerprint density at radius 2 is 2.05 bits per heavy atom. The van der Waals surface area contributed by atoms with Crippen molar-refractivity contribution in [1.29, 1.82) is 0 Å². The molecule has 1 aromatic rings. The van der Waals surface area contributed by atoms with Gasteiger partial charge in [0.05, 0.1) is 18.9 Å². The molecule has 3 N–H and O–H groups in total. The van der Waals surface area contributed by atoms with Gasteiger partial charge in [-0.1, -0.05) is 13.3 Å². The van der Waals surface area contributed by atoms with Crippen LogP contribution in [-0.4, -0.2) is 45.0 Å². The first kappa shape index (κ1) is 16.7. The van der Waals surface area contributed by atoms with Crippen molar-refractivity contribution in [2.75, 3.05) is 20.2 Å². The minimum atomic E-state index is -0.498. The number of hydrogen-bond acceptors (Lipinski definition) is 5. The van der Waals surface area contributed by atoms with Gasteiger partial charge in [-0.05, 0) is 20.0 Å². The highest BCUT2D eigenvalue weighted by Crippen LogP contribution is 2.17. The number of unbranched alkanes of at least 4 members (excludes halogenated alkanes) is 1. The van der Waals surface area contributed by atoms with Crippen LogP contribution in [0.15, 0.2) is 10.9 Å². The van der Waals surface area contributed by atoms with Crippen molar-refractivity contribution < 1.29 is 15.3 Å². The number of aliphatic hydroxyl groups excluding tert-OH is 2. The lowest BCUT2D eigenvalue weighted by molar-refractivity contribution is 0.237. The van der Waals surface area contributed by atoms with E-state index >= 15 is 0 Å². The molecule has 0 unspecified atom stereocenters. The van der Waals surface area contributed by atoms with Gasteiger partial charge >= 0.3 is 0 Å². The zero-order chi connectivity index (χ0) is 15.1. The molecule has 0 aliphatic rings. The minimum absolute atomic E-state index is 0.124. The summed E-state index contributed by atoms with van der Waals surface area (Å²) in [5.74, 6) is -0.306. The Bertz CT molecular complexity index is 485. The van der Waals surface area contributed by atoms with E-state index in [4.69, 9.17) is 5.11 Å². The maximum Gasteiger partial charge on any atom is 0.223 e. The Hall–Kier alpha value is -1.37. The maximum atomic E-state index is 11.7. The van der Waals surface area contributed by atoms with E-state index in [9.17, 15) is 15.0 Å². The van der Waals surface area contributed by atoms with Crippen LogP contribution in [0.3, 0.4) is 0 Å². The number of hydrogen-bond donors (Lipinski definition) is 3. The molecule has 1 rings (SSSR count). The van der Waals surface area contributed by atoms with Crippen molar-refractivity contribution in [1.82, 2.24) is 9.47 Å². The first-order valence-corrected chi connectivity index (χ1v) is 6.89. The summed E-state index contributed by atoms with van der Waals surface area (Å²) in [4.78, 5) is 13.7. The molecule has 0 atom stereocenters. The van der Waals surface area contributed by atoms with Gasteiger partial charge in [0, 0.05) is 24.8 Å². The second-order valence-corrected chi connectivity index (χ2v) is 4.92. The van der Waals surface area contributed by atoms with Crippen LogP contribution in [0.25, 0.3) is 0 Å². The van der Waals surface area contributed by atoms with Gasteiger partial charge < -0.3 is 24.8 Å². The van der Waals surface area contributed by atoms with Gasteiger partial charge in [-0.3, -0.25) is 4.79 Å². The summed E-state index contributed by atoms with van der Waals surface area (Å²) >= 11 is 0. The van der Waals surface area contributed by atoms with E-state index < -0.39 is 5.43 Å². The summed E-state index contributed by atoms with van der Waals surface area (Å²) in [6, 6.07) is 1.21. The van der Waals surface area contributed by atoms with E-state index in [0.717, 1.165) is 19.4 Å². The number of aliphatic hydroxyl groups is 2. The van der Waals surface area contributed by atoms with Gasteiger partial charge in [-0.15, -0.1) is 0 Å². The molecule has 0 spiro atoms. The fourth-order valence-electron chi connectivity index (χ4n) is 2.17. The predicted octanol–water partition coefficient (Wildman–Crippen LogP) is 0.270. The van der Waals surface area contributed by atoms with Crippen molar-refractivity contribution in [3.05, 3.63) is 27.7 Å². The number of aromatic hydroxyl groups is 1. The number of aromatic nitrogens is 1. The first-order chi connectivity index (χ1) is 9.54. The van der Waals surface area contributed by atoms with Gasteiger partial charge in [0.1, 0.15) is 0 Å². The van der Waals surface area contributed by atoms with E-state index in [-0.39, 0.29) is 25.5 Å². The van der Waals surface area contributed by atoms with Crippen molar-refractivity contribution in [3.63, 3.8) is 0 Å². The lowest BCUT2D eigenvalue weighted by atomic mass is 10.2. The monoisotopic (exact) mass is 284 g/mol. The van der Waals surface area contributed by atoms with Crippen LogP contribution >= 0.6 is 0 Å². The van der Waals surface area contributed by atoms with Gasteiger partial charge in [0.2, 0.25) is 5.43 Å². The SMILES string of the molecule is CCCCN(C)Cc1c(O)c(=O)cc(CO)n1CCO. The lowest BCUT2D eigenvalue weighted by Crippen LogP contribution is -2.26. The van der Waals surface area contributed by atoms with Crippen molar-refractivity contribution in [3.8, 4) is 5.75 Å². The third-order valence-corrected chi connectivity index (χ3v) is 3.28. The fraction of sp³-hybridized carbons (Fsp3) is 0.643. The van der Waals surface area contributed by atoms with Crippen LogP contribution in [0.2, 0.25) is 0 Å². The summed E-state index contributed by atoms with van der Waals surface area (Å²) < 4.78 is 1.61. The summed E-state index contributed by atoms with van der Waals surface area (Å²) in [5, 5.41) is 28.4. The van der Waals surface area contributed by atoms with Gasteiger partial charge in [-0.25, -0.2) is 0 Å². The van der Waals surface area contributed by atoms with Crippen LogP contribution in [0.4, 0.5) is 0 Å². The maximum absolute atomic E-state index is 11.7. The Balaban J connectivity index is 3.13. The average Bonchev–Trinajstić information content (AvgIpc) is 2.44. The molecule has 0 aliphatic heterocycles. The van der Waals surface area contributed by atoms with Gasteiger partial charge in [0.25, 0.3) is 0 Å². The minimum Gasteiger partial charge on any atom is -0.503 e. The molecule has 0 bridgehead atoms. The third kappa shape index (κ3) is 4.06. The summed E-state index contributed by atoms with van der Waals surface area (Å²) in [5.41, 5.74) is 0.345. The number of nitrogens with zero attached hydrogens (tertiary/aromatic N) is 2. The molecule has 0 fully saturated rings. The van der Waals surface area contributed by atoms with Crippen molar-refractivity contribution in [2.45, 2.75) is 39.5 Å². The van der Waals surface area contributed by atoms with E-state index in [1.54, 1.807) is 4.57 Å². The predicted molar refractivity (Wildman–Crippen MR) is 76.6 cm³/mol. The van der Waals surface area contributed by atoms with E-state index in [2.05, 4.69) is 6.92 Å². The lowest BCUT2D eigenvalue weighted by Gasteiger charge is -2.22. The summed E-state index contributed by atoms with van der Waals surface area (Å²) in [6.45, 7) is 3.16.